The van der Waals surface area contributed by atoms with Gasteiger partial charge >= 0.3 is 0 Å². The molecule has 0 aliphatic carbocycles. The van der Waals surface area contributed by atoms with Crippen LogP contribution in [0, 0.1) is 0 Å². The van der Waals surface area contributed by atoms with Crippen LogP contribution in [0.15, 0.2) is 34.1 Å². The zero-order valence-corrected chi connectivity index (χ0v) is 21.8. The molecule has 10 heteroatoms. The van der Waals surface area contributed by atoms with Gasteiger partial charge in [0.2, 0.25) is 10.0 Å². The Balaban J connectivity index is 1.78. The summed E-state index contributed by atoms with van der Waals surface area (Å²) < 4.78 is 36.1. The van der Waals surface area contributed by atoms with Gasteiger partial charge in [0.1, 0.15) is 17.1 Å². The summed E-state index contributed by atoms with van der Waals surface area (Å²) in [7, 11) is -1.87. The molecule has 1 aliphatic rings. The van der Waals surface area contributed by atoms with Gasteiger partial charge in [-0.3, -0.25) is 4.79 Å². The van der Waals surface area contributed by atoms with Crippen molar-refractivity contribution in [3.05, 3.63) is 40.3 Å². The second kappa shape index (κ2) is 10.5. The van der Waals surface area contributed by atoms with Crippen LogP contribution in [0.3, 0.4) is 0 Å². The quantitative estimate of drug-likeness (QED) is 0.484. The number of fused-ring (bicyclic) bond motifs is 1. The summed E-state index contributed by atoms with van der Waals surface area (Å²) in [4.78, 5) is 23.1. The van der Waals surface area contributed by atoms with Gasteiger partial charge in [0, 0.05) is 39.4 Å². The number of sulfonamides is 1. The smallest absolute Gasteiger partial charge is 0.275 e. The SMILES string of the molecule is CCCc1cn(C)c2c(=O)[nH]c(-c3cc(S(=O)(=O)N4CCN(CCC)CC4)ccc3OCC)nc12. The van der Waals surface area contributed by atoms with Crippen molar-refractivity contribution in [3.63, 3.8) is 0 Å². The third-order valence-corrected chi connectivity index (χ3v) is 8.33. The minimum atomic E-state index is -3.70. The predicted octanol–water partition coefficient (Wildman–Crippen LogP) is 3.00. The number of aromatic nitrogens is 3. The first-order valence-electron chi connectivity index (χ1n) is 12.4. The second-order valence-electron chi connectivity index (χ2n) is 8.96. The van der Waals surface area contributed by atoms with Gasteiger partial charge in [0.05, 0.1) is 22.6 Å². The molecule has 4 rings (SSSR count). The molecule has 190 valence electrons. The molecule has 3 aromatic rings. The highest BCUT2D eigenvalue weighted by Crippen LogP contribution is 2.32. The maximum absolute atomic E-state index is 13.5. The van der Waals surface area contributed by atoms with E-state index in [1.807, 2.05) is 20.2 Å². The summed E-state index contributed by atoms with van der Waals surface area (Å²) in [5.74, 6) is 0.786. The zero-order chi connectivity index (χ0) is 25.2. The van der Waals surface area contributed by atoms with E-state index in [0.29, 0.717) is 47.9 Å². The Kier molecular flexibility index (Phi) is 7.63. The average molecular weight is 502 g/mol. The van der Waals surface area contributed by atoms with Crippen LogP contribution in [-0.4, -0.2) is 71.5 Å². The van der Waals surface area contributed by atoms with Gasteiger partial charge in [-0.15, -0.1) is 0 Å². The Labute approximate surface area is 206 Å². The third kappa shape index (κ3) is 5.00. The highest BCUT2D eigenvalue weighted by atomic mass is 32.2. The summed E-state index contributed by atoms with van der Waals surface area (Å²) in [5, 5.41) is 0. The second-order valence-corrected chi connectivity index (χ2v) is 10.9. The molecule has 2 aromatic heterocycles. The topological polar surface area (TPSA) is 101 Å². The van der Waals surface area contributed by atoms with Crippen molar-refractivity contribution in [1.82, 2.24) is 23.7 Å². The van der Waals surface area contributed by atoms with Crippen molar-refractivity contribution >= 4 is 21.1 Å². The Bertz CT molecular complexity index is 1350. The number of H-pyrrole nitrogens is 1. The number of hydrogen-bond acceptors (Lipinski definition) is 6. The van der Waals surface area contributed by atoms with Crippen LogP contribution < -0.4 is 10.3 Å². The lowest BCUT2D eigenvalue weighted by Crippen LogP contribution is -2.48. The molecule has 0 radical (unpaired) electrons. The molecule has 0 bridgehead atoms. The molecule has 1 N–H and O–H groups in total. The largest absolute Gasteiger partial charge is 0.493 e. The summed E-state index contributed by atoms with van der Waals surface area (Å²) in [6.07, 6.45) is 4.70. The van der Waals surface area contributed by atoms with Crippen LogP contribution in [-0.2, 0) is 23.5 Å². The lowest BCUT2D eigenvalue weighted by atomic mass is 10.1. The van der Waals surface area contributed by atoms with Crippen molar-refractivity contribution in [2.24, 2.45) is 7.05 Å². The molecular weight excluding hydrogens is 466 g/mol. The van der Waals surface area contributed by atoms with Crippen LogP contribution in [0.5, 0.6) is 5.75 Å². The van der Waals surface area contributed by atoms with Gasteiger partial charge < -0.3 is 19.2 Å². The minimum absolute atomic E-state index is 0.171. The van der Waals surface area contributed by atoms with Crippen LogP contribution in [0.4, 0.5) is 0 Å². The highest BCUT2D eigenvalue weighted by molar-refractivity contribution is 7.89. The van der Waals surface area contributed by atoms with E-state index in [-0.39, 0.29) is 10.5 Å². The molecule has 0 spiro atoms. The van der Waals surface area contributed by atoms with E-state index in [9.17, 15) is 13.2 Å². The van der Waals surface area contributed by atoms with E-state index >= 15 is 0 Å². The highest BCUT2D eigenvalue weighted by Gasteiger charge is 2.29. The Hall–Kier alpha value is -2.69. The first kappa shape index (κ1) is 25.4. The fourth-order valence-corrected chi connectivity index (χ4v) is 6.20. The molecule has 35 heavy (non-hydrogen) atoms. The number of nitrogens with zero attached hydrogens (tertiary/aromatic N) is 4. The number of ether oxygens (including phenoxy) is 1. The van der Waals surface area contributed by atoms with Crippen molar-refractivity contribution in [3.8, 4) is 17.1 Å². The Morgan fingerprint density at radius 3 is 2.49 bits per heavy atom. The average Bonchev–Trinajstić information content (AvgIpc) is 3.15. The van der Waals surface area contributed by atoms with Crippen molar-refractivity contribution in [2.75, 3.05) is 39.3 Å². The number of nitrogens with one attached hydrogen (secondary N) is 1. The summed E-state index contributed by atoms with van der Waals surface area (Å²) >= 11 is 0. The standard InChI is InChI=1S/C25H35N5O4S/c1-5-8-18-17-28(4)23-22(18)26-24(27-25(23)31)20-16-19(9-10-21(20)34-7-3)35(32,33)30-14-12-29(11-6-2)13-15-30/h9-10,16-17H,5-8,11-15H2,1-4H3,(H,26,27,31). The zero-order valence-electron chi connectivity index (χ0n) is 21.0. The molecule has 0 amide bonds. The maximum Gasteiger partial charge on any atom is 0.275 e. The van der Waals surface area contributed by atoms with E-state index in [2.05, 4.69) is 23.7 Å². The third-order valence-electron chi connectivity index (χ3n) is 6.44. The van der Waals surface area contributed by atoms with Gasteiger partial charge in [0.25, 0.3) is 5.56 Å². The number of aromatic amines is 1. The van der Waals surface area contributed by atoms with Crippen LogP contribution >= 0.6 is 0 Å². The van der Waals surface area contributed by atoms with E-state index < -0.39 is 10.0 Å². The van der Waals surface area contributed by atoms with Crippen molar-refractivity contribution < 1.29 is 13.2 Å². The van der Waals surface area contributed by atoms with Crippen LogP contribution in [0.2, 0.25) is 0 Å². The molecule has 9 nitrogen and oxygen atoms in total. The fourth-order valence-electron chi connectivity index (χ4n) is 4.75. The number of piperazine rings is 1. The van der Waals surface area contributed by atoms with Crippen molar-refractivity contribution in [1.29, 1.82) is 0 Å². The first-order valence-corrected chi connectivity index (χ1v) is 13.8. The van der Waals surface area contributed by atoms with Gasteiger partial charge in [-0.2, -0.15) is 4.31 Å². The lowest BCUT2D eigenvalue weighted by molar-refractivity contribution is 0.188. The minimum Gasteiger partial charge on any atom is -0.493 e. The van der Waals surface area contributed by atoms with Gasteiger partial charge in [-0.25, -0.2) is 13.4 Å². The Morgan fingerprint density at radius 1 is 1.09 bits per heavy atom. The summed E-state index contributed by atoms with van der Waals surface area (Å²) in [6, 6.07) is 4.80. The number of rotatable bonds is 9. The summed E-state index contributed by atoms with van der Waals surface area (Å²) in [5.41, 5.74) is 2.32. The van der Waals surface area contributed by atoms with Crippen molar-refractivity contribution in [2.45, 2.75) is 44.9 Å². The molecule has 0 unspecified atom stereocenters. The molecule has 3 heterocycles. The van der Waals surface area contributed by atoms with Gasteiger partial charge in [0.15, 0.2) is 0 Å². The molecule has 0 saturated carbocycles. The predicted molar refractivity (Wildman–Crippen MR) is 137 cm³/mol. The van der Waals surface area contributed by atoms with E-state index in [0.717, 1.165) is 44.5 Å². The van der Waals surface area contributed by atoms with Gasteiger partial charge in [-0.05, 0) is 50.1 Å². The number of aryl methyl sites for hydroxylation is 2. The van der Waals surface area contributed by atoms with Gasteiger partial charge in [-0.1, -0.05) is 20.3 Å². The molecule has 0 atom stereocenters. The molecule has 1 aliphatic heterocycles. The first-order chi connectivity index (χ1) is 16.8. The molecule has 1 fully saturated rings. The van der Waals surface area contributed by atoms with E-state index in [4.69, 9.17) is 9.72 Å². The molecule has 1 aromatic carbocycles. The molecule has 1 saturated heterocycles. The fraction of sp³-hybridized carbons (Fsp3) is 0.520. The summed E-state index contributed by atoms with van der Waals surface area (Å²) in [6.45, 7) is 9.79. The normalized spacial score (nSPS) is 15.7. The lowest BCUT2D eigenvalue weighted by Gasteiger charge is -2.33. The maximum atomic E-state index is 13.5. The van der Waals surface area contributed by atoms with Crippen LogP contribution in [0.1, 0.15) is 39.2 Å². The molecular formula is C25H35N5O4S. The number of hydrogen-bond donors (Lipinski definition) is 1. The Morgan fingerprint density at radius 2 is 1.83 bits per heavy atom. The van der Waals surface area contributed by atoms with E-state index in [1.165, 1.54) is 4.31 Å². The monoisotopic (exact) mass is 501 g/mol. The number of benzene rings is 1. The van der Waals surface area contributed by atoms with Crippen LogP contribution in [0.25, 0.3) is 22.4 Å². The van der Waals surface area contributed by atoms with E-state index in [1.54, 1.807) is 22.8 Å².